The van der Waals surface area contributed by atoms with E-state index in [-0.39, 0.29) is 6.54 Å². The van der Waals surface area contributed by atoms with E-state index in [0.717, 1.165) is 9.87 Å². The summed E-state index contributed by atoms with van der Waals surface area (Å²) in [5.41, 5.74) is 6.37. The van der Waals surface area contributed by atoms with E-state index in [1.54, 1.807) is 18.2 Å². The van der Waals surface area contributed by atoms with Gasteiger partial charge in [-0.15, -0.1) is 0 Å². The Labute approximate surface area is 109 Å². The molecule has 0 atom stereocenters. The highest BCUT2D eigenvalue weighted by Gasteiger charge is 2.12. The van der Waals surface area contributed by atoms with E-state index in [1.165, 1.54) is 0 Å². The predicted octanol–water partition coefficient (Wildman–Crippen LogP) is 1.81. The number of carbonyl (C=O) groups excluding carboxylic acids is 2. The van der Waals surface area contributed by atoms with Gasteiger partial charge in [0, 0.05) is 10.7 Å². The van der Waals surface area contributed by atoms with Gasteiger partial charge in [0.05, 0.1) is 0 Å². The zero-order valence-corrected chi connectivity index (χ0v) is 10.8. The maximum absolute atomic E-state index is 11.5. The summed E-state index contributed by atoms with van der Waals surface area (Å²) in [6.07, 6.45) is 0. The monoisotopic (exact) mass is 273 g/mol. The van der Waals surface area contributed by atoms with E-state index in [9.17, 15) is 9.59 Å². The number of anilines is 1. The van der Waals surface area contributed by atoms with Gasteiger partial charge in [-0.05, 0) is 24.6 Å². The molecule has 0 fully saturated rings. The van der Waals surface area contributed by atoms with Crippen LogP contribution in [-0.4, -0.2) is 22.8 Å². The lowest BCUT2D eigenvalue weighted by Gasteiger charge is -2.14. The lowest BCUT2D eigenvalue weighted by atomic mass is 10.2. The smallest absolute Gasteiger partial charge is 0.332 e. The zero-order chi connectivity index (χ0) is 13.0. The van der Waals surface area contributed by atoms with Gasteiger partial charge in [-0.25, -0.2) is 4.79 Å². The van der Waals surface area contributed by atoms with Crippen LogP contribution in [0.2, 0.25) is 5.02 Å². The standard InChI is InChI=1S/C10H12ClN3O2S/c1-6-2-3-7(4-8(6)11)13-10(16)14(17)5-9(12)15/h2-4,17H,5H2,1H3,(H2,12,15)(H,13,16). The van der Waals surface area contributed by atoms with E-state index >= 15 is 0 Å². The highest BCUT2D eigenvalue weighted by Crippen LogP contribution is 2.20. The number of benzene rings is 1. The van der Waals surface area contributed by atoms with Crippen LogP contribution in [0.5, 0.6) is 0 Å². The quantitative estimate of drug-likeness (QED) is 0.735. The molecule has 0 radical (unpaired) electrons. The number of primary amides is 1. The van der Waals surface area contributed by atoms with Crippen molar-refractivity contribution in [2.24, 2.45) is 5.73 Å². The summed E-state index contributed by atoms with van der Waals surface area (Å²) in [6.45, 7) is 1.58. The Hall–Kier alpha value is -1.40. The number of nitrogens with two attached hydrogens (primary N) is 1. The molecule has 0 heterocycles. The van der Waals surface area contributed by atoms with E-state index in [2.05, 4.69) is 18.1 Å². The Morgan fingerprint density at radius 2 is 2.18 bits per heavy atom. The van der Waals surface area contributed by atoms with Crippen LogP contribution in [0.3, 0.4) is 0 Å². The molecule has 0 aliphatic rings. The van der Waals surface area contributed by atoms with Gasteiger partial charge in [0.2, 0.25) is 5.91 Å². The minimum atomic E-state index is -0.642. The maximum atomic E-state index is 11.5. The molecule has 0 spiro atoms. The summed E-state index contributed by atoms with van der Waals surface area (Å²) in [5.74, 6) is -0.642. The number of carbonyl (C=O) groups is 2. The summed E-state index contributed by atoms with van der Waals surface area (Å²) in [7, 11) is 0. The SMILES string of the molecule is Cc1ccc(NC(=O)N(S)CC(N)=O)cc1Cl. The fourth-order valence-corrected chi connectivity index (χ4v) is 1.45. The predicted molar refractivity (Wildman–Crippen MR) is 70.1 cm³/mol. The fourth-order valence-electron chi connectivity index (χ4n) is 1.08. The van der Waals surface area contributed by atoms with Gasteiger partial charge >= 0.3 is 6.03 Å². The highest BCUT2D eigenvalue weighted by atomic mass is 35.5. The molecule has 0 aliphatic carbocycles. The Balaban J connectivity index is 2.67. The Morgan fingerprint density at radius 3 is 2.71 bits per heavy atom. The van der Waals surface area contributed by atoms with Crippen LogP contribution in [0.1, 0.15) is 5.56 Å². The average Bonchev–Trinajstić information content (AvgIpc) is 2.22. The molecular formula is C10H12ClN3O2S. The highest BCUT2D eigenvalue weighted by molar-refractivity contribution is 7.78. The van der Waals surface area contributed by atoms with Crippen LogP contribution in [0.15, 0.2) is 18.2 Å². The molecule has 0 unspecified atom stereocenters. The molecule has 5 nitrogen and oxygen atoms in total. The molecule has 0 aliphatic heterocycles. The topological polar surface area (TPSA) is 75.4 Å². The first-order valence-electron chi connectivity index (χ1n) is 4.72. The van der Waals surface area contributed by atoms with Crippen LogP contribution >= 0.6 is 24.4 Å². The van der Waals surface area contributed by atoms with Crippen molar-refractivity contribution in [3.63, 3.8) is 0 Å². The molecule has 0 saturated heterocycles. The average molecular weight is 274 g/mol. The number of thiol groups is 1. The van der Waals surface area contributed by atoms with Gasteiger partial charge in [-0.1, -0.05) is 30.5 Å². The van der Waals surface area contributed by atoms with Crippen LogP contribution in [0, 0.1) is 6.92 Å². The van der Waals surface area contributed by atoms with Gasteiger partial charge in [0.15, 0.2) is 0 Å². The largest absolute Gasteiger partial charge is 0.368 e. The molecule has 0 saturated carbocycles. The van der Waals surface area contributed by atoms with Crippen molar-refractivity contribution in [2.45, 2.75) is 6.92 Å². The van der Waals surface area contributed by atoms with Crippen molar-refractivity contribution in [2.75, 3.05) is 11.9 Å². The van der Waals surface area contributed by atoms with Crippen molar-refractivity contribution < 1.29 is 9.59 Å². The Morgan fingerprint density at radius 1 is 1.53 bits per heavy atom. The van der Waals surface area contributed by atoms with Crippen molar-refractivity contribution in [3.8, 4) is 0 Å². The minimum Gasteiger partial charge on any atom is -0.368 e. The lowest BCUT2D eigenvalue weighted by Crippen LogP contribution is -2.34. The van der Waals surface area contributed by atoms with E-state index < -0.39 is 11.9 Å². The fraction of sp³-hybridized carbons (Fsp3) is 0.200. The van der Waals surface area contributed by atoms with Crippen molar-refractivity contribution in [1.29, 1.82) is 0 Å². The normalized spacial score (nSPS) is 9.82. The Bertz CT molecular complexity index is 453. The van der Waals surface area contributed by atoms with E-state index in [4.69, 9.17) is 17.3 Å². The van der Waals surface area contributed by atoms with Gasteiger partial charge in [-0.2, -0.15) is 0 Å². The molecule has 1 aromatic carbocycles. The number of hydrogen-bond donors (Lipinski definition) is 3. The van der Waals surface area contributed by atoms with Crippen LogP contribution in [0.4, 0.5) is 10.5 Å². The first-order chi connectivity index (χ1) is 7.90. The van der Waals surface area contributed by atoms with Gasteiger partial charge in [0.1, 0.15) is 6.54 Å². The number of nitrogens with one attached hydrogen (secondary N) is 1. The Kier molecular flexibility index (Phi) is 4.65. The van der Waals surface area contributed by atoms with E-state index in [0.29, 0.717) is 10.7 Å². The molecule has 7 heteroatoms. The maximum Gasteiger partial charge on any atom is 0.332 e. The third-order valence-electron chi connectivity index (χ3n) is 1.96. The van der Waals surface area contributed by atoms with Crippen LogP contribution < -0.4 is 11.1 Å². The summed E-state index contributed by atoms with van der Waals surface area (Å²) in [4.78, 5) is 22.1. The van der Waals surface area contributed by atoms with Crippen molar-refractivity contribution >= 4 is 42.0 Å². The molecule has 92 valence electrons. The first kappa shape index (κ1) is 13.7. The number of nitrogens with zero attached hydrogens (tertiary/aromatic N) is 1. The number of rotatable bonds is 3. The zero-order valence-electron chi connectivity index (χ0n) is 9.11. The van der Waals surface area contributed by atoms with Gasteiger partial charge in [0.25, 0.3) is 0 Å². The molecule has 3 amide bonds. The van der Waals surface area contributed by atoms with Gasteiger partial charge < -0.3 is 11.1 Å². The second-order valence-corrected chi connectivity index (χ2v) is 4.31. The van der Waals surface area contributed by atoms with Crippen molar-refractivity contribution in [3.05, 3.63) is 28.8 Å². The number of aryl methyl sites for hydroxylation is 1. The second-order valence-electron chi connectivity index (χ2n) is 3.42. The molecular weight excluding hydrogens is 262 g/mol. The summed E-state index contributed by atoms with van der Waals surface area (Å²) in [5, 5.41) is 3.08. The lowest BCUT2D eigenvalue weighted by molar-refractivity contribution is -0.117. The third kappa shape index (κ3) is 4.16. The summed E-state index contributed by atoms with van der Waals surface area (Å²) >= 11 is 9.73. The molecule has 0 aromatic heterocycles. The third-order valence-corrected chi connectivity index (χ3v) is 2.69. The molecule has 17 heavy (non-hydrogen) atoms. The van der Waals surface area contributed by atoms with Crippen LogP contribution in [-0.2, 0) is 4.79 Å². The number of hydrogen-bond acceptors (Lipinski definition) is 3. The molecule has 0 bridgehead atoms. The van der Waals surface area contributed by atoms with E-state index in [1.807, 2.05) is 6.92 Å². The first-order valence-corrected chi connectivity index (χ1v) is 5.50. The van der Waals surface area contributed by atoms with Crippen LogP contribution in [0.25, 0.3) is 0 Å². The molecule has 1 rings (SSSR count). The number of urea groups is 1. The summed E-state index contributed by atoms with van der Waals surface area (Å²) in [6, 6.07) is 4.53. The number of halogens is 1. The second kappa shape index (κ2) is 5.79. The van der Waals surface area contributed by atoms with Gasteiger partial charge in [-0.3, -0.25) is 9.10 Å². The number of amides is 3. The summed E-state index contributed by atoms with van der Waals surface area (Å²) < 4.78 is 0.885. The molecule has 1 aromatic rings. The minimum absolute atomic E-state index is 0.269. The van der Waals surface area contributed by atoms with Crippen molar-refractivity contribution in [1.82, 2.24) is 4.31 Å². The molecule has 3 N–H and O–H groups in total.